The third kappa shape index (κ3) is 6.72. The Bertz CT molecular complexity index is 214. The normalized spacial score (nSPS) is 16.3. The molecule has 0 unspecified atom stereocenters. The van der Waals surface area contributed by atoms with E-state index >= 15 is 0 Å². The van der Waals surface area contributed by atoms with Crippen LogP contribution in [0.4, 0.5) is 13.2 Å². The van der Waals surface area contributed by atoms with Crippen LogP contribution < -0.4 is 5.32 Å². The molecule has 0 spiro atoms. The van der Waals surface area contributed by atoms with Crippen LogP contribution >= 0.6 is 0 Å². The molecule has 1 rings (SSSR count). The van der Waals surface area contributed by atoms with Crippen molar-refractivity contribution in [2.45, 2.75) is 6.18 Å². The second-order valence-corrected chi connectivity index (χ2v) is 2.69. The van der Waals surface area contributed by atoms with Gasteiger partial charge in [0.2, 0.25) is 6.41 Å². The smallest absolute Gasteiger partial charge is 0.475 e. The second-order valence-electron chi connectivity index (χ2n) is 2.69. The first-order valence-electron chi connectivity index (χ1n) is 4.08. The zero-order chi connectivity index (χ0) is 11.9. The predicted octanol–water partition coefficient (Wildman–Crippen LogP) is -0.319. The molecular weight excluding hydrogens is 217 g/mol. The Morgan fingerprint density at radius 1 is 1.33 bits per heavy atom. The summed E-state index contributed by atoms with van der Waals surface area (Å²) in [5.74, 6) is -2.76. The van der Waals surface area contributed by atoms with Gasteiger partial charge in [0.05, 0.1) is 0 Å². The van der Waals surface area contributed by atoms with Gasteiger partial charge in [0.1, 0.15) is 0 Å². The summed E-state index contributed by atoms with van der Waals surface area (Å²) in [6.45, 7) is 3.62. The fourth-order valence-electron chi connectivity index (χ4n) is 0.788. The highest BCUT2D eigenvalue weighted by Crippen LogP contribution is 2.13. The molecule has 0 aromatic heterocycles. The molecule has 1 amide bonds. The molecule has 1 aliphatic heterocycles. The van der Waals surface area contributed by atoms with Gasteiger partial charge in [0.25, 0.3) is 0 Å². The van der Waals surface area contributed by atoms with Gasteiger partial charge in [-0.15, -0.1) is 0 Å². The molecule has 2 N–H and O–H groups in total. The van der Waals surface area contributed by atoms with E-state index in [9.17, 15) is 18.0 Å². The minimum Gasteiger partial charge on any atom is -0.475 e. The van der Waals surface area contributed by atoms with E-state index in [-0.39, 0.29) is 0 Å². The van der Waals surface area contributed by atoms with Crippen LogP contribution in [0, 0.1) is 0 Å². The van der Waals surface area contributed by atoms with E-state index in [4.69, 9.17) is 9.90 Å². The van der Waals surface area contributed by atoms with Crippen LogP contribution in [-0.2, 0) is 9.59 Å². The third-order valence-electron chi connectivity index (χ3n) is 1.54. The van der Waals surface area contributed by atoms with Crippen molar-refractivity contribution in [2.24, 2.45) is 0 Å². The lowest BCUT2D eigenvalue weighted by atomic mass is 10.4. The van der Waals surface area contributed by atoms with Crippen molar-refractivity contribution in [1.82, 2.24) is 10.2 Å². The number of piperazine rings is 1. The number of carbonyl (C=O) groups is 2. The van der Waals surface area contributed by atoms with Crippen LogP contribution in [0.1, 0.15) is 0 Å². The predicted molar refractivity (Wildman–Crippen MR) is 44.2 cm³/mol. The largest absolute Gasteiger partial charge is 0.490 e. The van der Waals surface area contributed by atoms with E-state index in [1.807, 2.05) is 0 Å². The molecule has 0 aliphatic carbocycles. The molecule has 0 saturated carbocycles. The average Bonchev–Trinajstić information content (AvgIpc) is 2.18. The molecule has 15 heavy (non-hydrogen) atoms. The summed E-state index contributed by atoms with van der Waals surface area (Å²) in [7, 11) is 0. The highest BCUT2D eigenvalue weighted by molar-refractivity contribution is 5.73. The number of aliphatic carboxylic acids is 1. The number of nitrogens with one attached hydrogen (secondary N) is 1. The van der Waals surface area contributed by atoms with Crippen LogP contribution in [0.3, 0.4) is 0 Å². The molecule has 0 aromatic rings. The number of rotatable bonds is 1. The Kier molecular flexibility index (Phi) is 5.68. The number of nitrogens with zero attached hydrogens (tertiary/aromatic N) is 1. The van der Waals surface area contributed by atoms with E-state index in [2.05, 4.69) is 5.32 Å². The molecule has 88 valence electrons. The van der Waals surface area contributed by atoms with Gasteiger partial charge in [0.15, 0.2) is 0 Å². The lowest BCUT2D eigenvalue weighted by Gasteiger charge is -2.22. The van der Waals surface area contributed by atoms with Gasteiger partial charge >= 0.3 is 12.1 Å². The molecule has 1 fully saturated rings. The lowest BCUT2D eigenvalue weighted by Crippen LogP contribution is -2.42. The maximum absolute atomic E-state index is 10.6. The van der Waals surface area contributed by atoms with Crippen LogP contribution in [0.5, 0.6) is 0 Å². The summed E-state index contributed by atoms with van der Waals surface area (Å²) in [6.07, 6.45) is -4.18. The van der Waals surface area contributed by atoms with Gasteiger partial charge in [-0.2, -0.15) is 13.2 Å². The fraction of sp³-hybridized carbons (Fsp3) is 0.714. The molecule has 1 aliphatic rings. The second kappa shape index (κ2) is 6.23. The molecular formula is C7H11F3N2O3. The molecule has 0 atom stereocenters. The minimum absolute atomic E-state index is 0.865. The van der Waals surface area contributed by atoms with Gasteiger partial charge in [-0.05, 0) is 0 Å². The van der Waals surface area contributed by atoms with E-state index in [1.54, 1.807) is 4.90 Å². The van der Waals surface area contributed by atoms with Crippen molar-refractivity contribution >= 4 is 12.4 Å². The quantitative estimate of drug-likeness (QED) is 0.603. The van der Waals surface area contributed by atoms with Crippen molar-refractivity contribution < 1.29 is 27.9 Å². The zero-order valence-electron chi connectivity index (χ0n) is 7.75. The summed E-state index contributed by atoms with van der Waals surface area (Å²) in [5.41, 5.74) is 0. The number of carboxylic acid groups (broad SMARTS) is 1. The zero-order valence-corrected chi connectivity index (χ0v) is 7.75. The number of alkyl halides is 3. The van der Waals surface area contributed by atoms with Gasteiger partial charge in [0, 0.05) is 26.2 Å². The fourth-order valence-corrected chi connectivity index (χ4v) is 0.788. The Morgan fingerprint density at radius 2 is 1.73 bits per heavy atom. The van der Waals surface area contributed by atoms with Gasteiger partial charge in [-0.25, -0.2) is 4.79 Å². The van der Waals surface area contributed by atoms with Crippen molar-refractivity contribution in [1.29, 1.82) is 0 Å². The van der Waals surface area contributed by atoms with E-state index in [0.717, 1.165) is 32.6 Å². The molecule has 0 aromatic carbocycles. The average molecular weight is 228 g/mol. The highest BCUT2D eigenvalue weighted by atomic mass is 19.4. The molecule has 1 saturated heterocycles. The number of hydrogen-bond acceptors (Lipinski definition) is 3. The maximum atomic E-state index is 10.6. The molecule has 5 nitrogen and oxygen atoms in total. The first-order valence-corrected chi connectivity index (χ1v) is 4.08. The monoisotopic (exact) mass is 228 g/mol. The third-order valence-corrected chi connectivity index (χ3v) is 1.54. The summed E-state index contributed by atoms with van der Waals surface area (Å²) in [6, 6.07) is 0. The highest BCUT2D eigenvalue weighted by Gasteiger charge is 2.38. The van der Waals surface area contributed by atoms with E-state index < -0.39 is 12.1 Å². The summed E-state index contributed by atoms with van der Waals surface area (Å²) in [4.78, 5) is 20.7. The number of carbonyl (C=O) groups excluding carboxylic acids is 1. The summed E-state index contributed by atoms with van der Waals surface area (Å²) in [5, 5.41) is 10.3. The SMILES string of the molecule is O=C(O)C(F)(F)F.O=CN1CCNCC1. The van der Waals surface area contributed by atoms with Crippen LogP contribution in [0.2, 0.25) is 0 Å². The van der Waals surface area contributed by atoms with Gasteiger partial charge < -0.3 is 15.3 Å². The Labute approximate surface area is 83.9 Å². The van der Waals surface area contributed by atoms with Gasteiger partial charge in [-0.1, -0.05) is 0 Å². The van der Waals surface area contributed by atoms with Crippen LogP contribution in [0.25, 0.3) is 0 Å². The Morgan fingerprint density at radius 3 is 1.93 bits per heavy atom. The van der Waals surface area contributed by atoms with Crippen molar-refractivity contribution in [3.05, 3.63) is 0 Å². The maximum Gasteiger partial charge on any atom is 0.490 e. The van der Waals surface area contributed by atoms with E-state index in [0.29, 0.717) is 0 Å². The van der Waals surface area contributed by atoms with Crippen LogP contribution in [-0.4, -0.2) is 54.7 Å². The topological polar surface area (TPSA) is 69.6 Å². The Hall–Kier alpha value is -1.31. The molecule has 8 heteroatoms. The molecule has 1 heterocycles. The van der Waals surface area contributed by atoms with Crippen molar-refractivity contribution in [2.75, 3.05) is 26.2 Å². The Balaban J connectivity index is 0.000000265. The standard InChI is InChI=1S/C5H10N2O.C2HF3O2/c8-5-7-3-1-6-2-4-7;3-2(4,5)1(6)7/h5-6H,1-4H2;(H,6,7). The molecule has 0 radical (unpaired) electrons. The van der Waals surface area contributed by atoms with E-state index in [1.165, 1.54) is 0 Å². The summed E-state index contributed by atoms with van der Waals surface area (Å²) < 4.78 is 31.7. The van der Waals surface area contributed by atoms with Gasteiger partial charge in [-0.3, -0.25) is 4.79 Å². The van der Waals surface area contributed by atoms with Crippen molar-refractivity contribution in [3.8, 4) is 0 Å². The van der Waals surface area contributed by atoms with Crippen molar-refractivity contribution in [3.63, 3.8) is 0 Å². The molecule has 0 bridgehead atoms. The number of halogens is 3. The number of amides is 1. The minimum atomic E-state index is -5.08. The number of hydrogen-bond donors (Lipinski definition) is 2. The first kappa shape index (κ1) is 13.7. The number of carboxylic acids is 1. The lowest BCUT2D eigenvalue weighted by molar-refractivity contribution is -0.192. The van der Waals surface area contributed by atoms with Crippen LogP contribution in [0.15, 0.2) is 0 Å². The summed E-state index contributed by atoms with van der Waals surface area (Å²) >= 11 is 0. The first-order chi connectivity index (χ1) is 6.88.